The van der Waals surface area contributed by atoms with Crippen LogP contribution in [0.1, 0.15) is 50.6 Å². The molecular weight excluding hydrogens is 408 g/mol. The highest BCUT2D eigenvalue weighted by atomic mass is 19.1. The molecule has 3 aromatic rings. The van der Waals surface area contributed by atoms with Gasteiger partial charge >= 0.3 is 0 Å². The van der Waals surface area contributed by atoms with Crippen LogP contribution in [-0.4, -0.2) is 39.7 Å². The van der Waals surface area contributed by atoms with Gasteiger partial charge in [-0.05, 0) is 57.9 Å². The fourth-order valence-electron chi connectivity index (χ4n) is 4.54. The van der Waals surface area contributed by atoms with Crippen molar-refractivity contribution < 1.29 is 17.6 Å². The molecule has 1 aliphatic heterocycles. The molecule has 166 valence electrons. The quantitative estimate of drug-likeness (QED) is 0.412. The van der Waals surface area contributed by atoms with Gasteiger partial charge in [0.15, 0.2) is 0 Å². The van der Waals surface area contributed by atoms with E-state index in [0.717, 1.165) is 17.0 Å². The molecule has 0 saturated heterocycles. The van der Waals surface area contributed by atoms with E-state index in [1.54, 1.807) is 17.9 Å². The van der Waals surface area contributed by atoms with Crippen molar-refractivity contribution in [2.45, 2.75) is 51.9 Å². The van der Waals surface area contributed by atoms with Crippen molar-refractivity contribution in [3.8, 4) is 0 Å². The van der Waals surface area contributed by atoms with Crippen molar-refractivity contribution >= 4 is 16.7 Å². The molecule has 0 radical (unpaired) electrons. The number of alkyl halides is 1. The minimum atomic E-state index is -1.59. The van der Waals surface area contributed by atoms with Crippen LogP contribution in [0.5, 0.6) is 0 Å². The molecule has 2 aromatic heterocycles. The Kier molecular flexibility index (Phi) is 5.45. The van der Waals surface area contributed by atoms with Crippen LogP contribution in [0.3, 0.4) is 0 Å². The van der Waals surface area contributed by atoms with Gasteiger partial charge in [0, 0.05) is 41.8 Å². The van der Waals surface area contributed by atoms with Crippen LogP contribution in [0.15, 0.2) is 24.3 Å². The topological polar surface area (TPSA) is 44.0 Å². The summed E-state index contributed by atoms with van der Waals surface area (Å²) in [6.07, 6.45) is 0.541. The van der Waals surface area contributed by atoms with Gasteiger partial charge in [0.1, 0.15) is 23.1 Å². The van der Waals surface area contributed by atoms with E-state index in [1.165, 1.54) is 26.0 Å². The van der Waals surface area contributed by atoms with E-state index in [4.69, 9.17) is 0 Å². The second-order valence-corrected chi connectivity index (χ2v) is 8.78. The maximum absolute atomic E-state index is 15.3. The Hall–Kier alpha value is -2.61. The van der Waals surface area contributed by atoms with Gasteiger partial charge in [-0.2, -0.15) is 4.39 Å². The van der Waals surface area contributed by atoms with E-state index in [-0.39, 0.29) is 24.0 Å². The van der Waals surface area contributed by atoms with E-state index in [9.17, 15) is 8.78 Å². The summed E-state index contributed by atoms with van der Waals surface area (Å²) >= 11 is 0. The van der Waals surface area contributed by atoms with Crippen molar-refractivity contribution in [2.24, 2.45) is 0 Å². The van der Waals surface area contributed by atoms with Gasteiger partial charge in [-0.25, -0.2) is 18.2 Å². The molecule has 0 aliphatic carbocycles. The predicted octanol–water partition coefficient (Wildman–Crippen LogP) is 5.50. The first-order valence-corrected chi connectivity index (χ1v) is 10.4. The molecule has 0 amide bonds. The molecule has 1 aliphatic rings. The lowest BCUT2D eigenvalue weighted by Gasteiger charge is -2.42. The first-order valence-electron chi connectivity index (χ1n) is 10.4. The van der Waals surface area contributed by atoms with Gasteiger partial charge < -0.3 is 10.3 Å². The number of halogens is 4. The summed E-state index contributed by atoms with van der Waals surface area (Å²) in [4.78, 5) is 8.79. The van der Waals surface area contributed by atoms with Crippen LogP contribution in [0.2, 0.25) is 0 Å². The predicted molar refractivity (Wildman–Crippen MR) is 113 cm³/mol. The first kappa shape index (κ1) is 21.6. The summed E-state index contributed by atoms with van der Waals surface area (Å²) in [5, 5.41) is 3.61. The SMILES string of the molecule is CCNc1cc(F)c(C2c3[nH]c4cc(F)ccc4c3CC(C)N2CC(C)(C)F)c(F)n1. The van der Waals surface area contributed by atoms with Crippen molar-refractivity contribution in [3.05, 3.63) is 58.7 Å². The fourth-order valence-corrected chi connectivity index (χ4v) is 4.54. The van der Waals surface area contributed by atoms with Gasteiger partial charge in [0.2, 0.25) is 5.95 Å². The third-order valence-electron chi connectivity index (χ3n) is 5.72. The van der Waals surface area contributed by atoms with Crippen molar-refractivity contribution in [3.63, 3.8) is 0 Å². The van der Waals surface area contributed by atoms with Crippen LogP contribution in [-0.2, 0) is 6.42 Å². The van der Waals surface area contributed by atoms with Crippen LogP contribution < -0.4 is 5.32 Å². The van der Waals surface area contributed by atoms with Gasteiger partial charge in [0.25, 0.3) is 0 Å². The van der Waals surface area contributed by atoms with Crippen molar-refractivity contribution in [1.82, 2.24) is 14.9 Å². The average Bonchev–Trinajstić information content (AvgIpc) is 2.99. The maximum atomic E-state index is 15.3. The highest BCUT2D eigenvalue weighted by Crippen LogP contribution is 2.43. The van der Waals surface area contributed by atoms with Gasteiger partial charge in [0.05, 0.1) is 11.6 Å². The van der Waals surface area contributed by atoms with E-state index in [2.05, 4.69) is 15.3 Å². The van der Waals surface area contributed by atoms with Crippen LogP contribution in [0.25, 0.3) is 10.9 Å². The number of fused-ring (bicyclic) bond motifs is 3. The molecule has 1 aromatic carbocycles. The molecule has 2 unspecified atom stereocenters. The third kappa shape index (κ3) is 4.01. The highest BCUT2D eigenvalue weighted by molar-refractivity contribution is 5.85. The Labute approximate surface area is 178 Å². The van der Waals surface area contributed by atoms with Crippen molar-refractivity contribution in [1.29, 1.82) is 0 Å². The van der Waals surface area contributed by atoms with Gasteiger partial charge in [-0.1, -0.05) is 0 Å². The highest BCUT2D eigenvalue weighted by Gasteiger charge is 2.41. The van der Waals surface area contributed by atoms with Gasteiger partial charge in [-0.3, -0.25) is 4.90 Å². The Morgan fingerprint density at radius 3 is 2.61 bits per heavy atom. The molecule has 2 atom stereocenters. The lowest BCUT2D eigenvalue weighted by Crippen LogP contribution is -2.48. The molecule has 3 heterocycles. The zero-order valence-electron chi connectivity index (χ0n) is 18.0. The number of hydrogen-bond acceptors (Lipinski definition) is 3. The average molecular weight is 434 g/mol. The molecule has 0 bridgehead atoms. The third-order valence-corrected chi connectivity index (χ3v) is 5.72. The Bertz CT molecular complexity index is 1100. The first-order chi connectivity index (χ1) is 14.6. The minimum Gasteiger partial charge on any atom is -0.370 e. The van der Waals surface area contributed by atoms with Crippen LogP contribution in [0, 0.1) is 17.6 Å². The molecular formula is C23H26F4N4. The van der Waals surface area contributed by atoms with Crippen molar-refractivity contribution in [2.75, 3.05) is 18.4 Å². The normalized spacial score (nSPS) is 19.6. The van der Waals surface area contributed by atoms with Gasteiger partial charge in [-0.15, -0.1) is 0 Å². The van der Waals surface area contributed by atoms with E-state index in [0.29, 0.717) is 24.2 Å². The number of nitrogens with zero attached hydrogens (tertiary/aromatic N) is 2. The number of benzene rings is 1. The Morgan fingerprint density at radius 1 is 1.23 bits per heavy atom. The summed E-state index contributed by atoms with van der Waals surface area (Å²) in [6, 6.07) is 4.41. The minimum absolute atomic E-state index is 0.0319. The number of aromatic nitrogens is 2. The maximum Gasteiger partial charge on any atom is 0.222 e. The zero-order chi connectivity index (χ0) is 22.5. The summed E-state index contributed by atoms with van der Waals surface area (Å²) in [5.74, 6) is -2.03. The smallest absolute Gasteiger partial charge is 0.222 e. The van der Waals surface area contributed by atoms with E-state index >= 15 is 8.78 Å². The lowest BCUT2D eigenvalue weighted by molar-refractivity contribution is 0.0640. The monoisotopic (exact) mass is 434 g/mol. The van der Waals surface area contributed by atoms with Crippen LogP contribution in [0.4, 0.5) is 23.4 Å². The Morgan fingerprint density at radius 2 is 1.97 bits per heavy atom. The zero-order valence-corrected chi connectivity index (χ0v) is 18.0. The standard InChI is InChI=1S/C23H26F4N4/c1-5-28-18-10-16(25)19(22(26)30-18)21-20-15(8-12(2)31(21)11-23(3,4)27)14-7-6-13(24)9-17(14)29-20/h6-7,9-10,12,21,29H,5,8,11H2,1-4H3,(H,28,30). The largest absolute Gasteiger partial charge is 0.370 e. The number of rotatable bonds is 5. The Balaban J connectivity index is 1.95. The molecule has 31 heavy (non-hydrogen) atoms. The fraction of sp³-hybridized carbons (Fsp3) is 0.435. The number of anilines is 1. The summed E-state index contributed by atoms with van der Waals surface area (Å²) in [6.45, 7) is 7.01. The number of aromatic amines is 1. The summed E-state index contributed by atoms with van der Waals surface area (Å²) < 4.78 is 59.0. The number of H-pyrrole nitrogens is 1. The molecule has 2 N–H and O–H groups in total. The summed E-state index contributed by atoms with van der Waals surface area (Å²) in [7, 11) is 0. The number of nitrogens with one attached hydrogen (secondary N) is 2. The molecule has 0 fully saturated rings. The molecule has 0 spiro atoms. The number of pyridine rings is 1. The second kappa shape index (κ2) is 7.82. The lowest BCUT2D eigenvalue weighted by atomic mass is 9.88. The number of hydrogen-bond donors (Lipinski definition) is 2. The van der Waals surface area contributed by atoms with E-state index in [1.807, 2.05) is 6.92 Å². The molecule has 0 saturated carbocycles. The molecule has 4 nitrogen and oxygen atoms in total. The molecule has 4 rings (SSSR count). The summed E-state index contributed by atoms with van der Waals surface area (Å²) in [5.41, 5.74) is 0.104. The van der Waals surface area contributed by atoms with E-state index < -0.39 is 29.3 Å². The van der Waals surface area contributed by atoms with Crippen LogP contribution >= 0.6 is 0 Å². The molecule has 8 heteroatoms. The second-order valence-electron chi connectivity index (χ2n) is 8.78.